The number of nitrogens with two attached hydrogens (primary N) is 1. The first-order valence-corrected chi connectivity index (χ1v) is 8.04. The molecule has 118 valence electrons. The number of aryl methyl sites for hydroxylation is 1. The third-order valence-electron chi connectivity index (χ3n) is 4.46. The van der Waals surface area contributed by atoms with Gasteiger partial charge in [0.05, 0.1) is 7.11 Å². The molecule has 3 aromatic rings. The van der Waals surface area contributed by atoms with Crippen molar-refractivity contribution in [3.8, 4) is 5.75 Å². The van der Waals surface area contributed by atoms with Crippen LogP contribution >= 0.6 is 0 Å². The first-order chi connectivity index (χ1) is 11.2. The Labute approximate surface area is 137 Å². The molecule has 0 spiro atoms. The van der Waals surface area contributed by atoms with Gasteiger partial charge in [-0.3, -0.25) is 0 Å². The summed E-state index contributed by atoms with van der Waals surface area (Å²) in [6.07, 6.45) is 0.914. The quantitative estimate of drug-likeness (QED) is 0.756. The van der Waals surface area contributed by atoms with Crippen LogP contribution in [0.15, 0.2) is 60.7 Å². The molecule has 0 heterocycles. The SMILES string of the molecule is COc1ccc(C)cc1C(CN)Cc1cccc2ccccc12. The summed E-state index contributed by atoms with van der Waals surface area (Å²) < 4.78 is 5.55. The zero-order valence-electron chi connectivity index (χ0n) is 13.8. The molecular weight excluding hydrogens is 282 g/mol. The van der Waals surface area contributed by atoms with E-state index in [0.717, 1.165) is 12.2 Å². The zero-order chi connectivity index (χ0) is 16.2. The molecule has 2 heteroatoms. The zero-order valence-corrected chi connectivity index (χ0v) is 13.8. The first-order valence-electron chi connectivity index (χ1n) is 8.04. The van der Waals surface area contributed by atoms with Gasteiger partial charge in [0, 0.05) is 5.92 Å². The van der Waals surface area contributed by atoms with Crippen LogP contribution < -0.4 is 10.5 Å². The number of hydrogen-bond donors (Lipinski definition) is 1. The molecule has 0 saturated heterocycles. The maximum atomic E-state index is 6.11. The summed E-state index contributed by atoms with van der Waals surface area (Å²) in [4.78, 5) is 0. The van der Waals surface area contributed by atoms with Gasteiger partial charge < -0.3 is 10.5 Å². The topological polar surface area (TPSA) is 35.2 Å². The predicted octanol–water partition coefficient (Wildman–Crippen LogP) is 4.44. The van der Waals surface area contributed by atoms with Crippen LogP contribution in [-0.4, -0.2) is 13.7 Å². The molecule has 0 saturated carbocycles. The second kappa shape index (κ2) is 6.84. The summed E-state index contributed by atoms with van der Waals surface area (Å²) in [5.74, 6) is 1.17. The minimum Gasteiger partial charge on any atom is -0.496 e. The van der Waals surface area contributed by atoms with E-state index >= 15 is 0 Å². The van der Waals surface area contributed by atoms with Crippen molar-refractivity contribution < 1.29 is 4.74 Å². The van der Waals surface area contributed by atoms with Crippen molar-refractivity contribution in [3.63, 3.8) is 0 Å². The number of hydrogen-bond acceptors (Lipinski definition) is 2. The average Bonchev–Trinajstić information content (AvgIpc) is 2.59. The first kappa shape index (κ1) is 15.6. The van der Waals surface area contributed by atoms with Crippen LogP contribution in [0.25, 0.3) is 10.8 Å². The van der Waals surface area contributed by atoms with Gasteiger partial charge in [0.25, 0.3) is 0 Å². The second-order valence-electron chi connectivity index (χ2n) is 6.02. The van der Waals surface area contributed by atoms with Crippen LogP contribution in [0, 0.1) is 6.92 Å². The molecule has 0 bridgehead atoms. The van der Waals surface area contributed by atoms with Crippen LogP contribution in [-0.2, 0) is 6.42 Å². The van der Waals surface area contributed by atoms with E-state index < -0.39 is 0 Å². The maximum Gasteiger partial charge on any atom is 0.122 e. The van der Waals surface area contributed by atoms with E-state index in [1.54, 1.807) is 7.11 Å². The summed E-state index contributed by atoms with van der Waals surface area (Å²) in [5.41, 5.74) is 9.88. The molecule has 1 atom stereocenters. The second-order valence-corrected chi connectivity index (χ2v) is 6.02. The Kier molecular flexibility index (Phi) is 4.63. The highest BCUT2D eigenvalue weighted by Gasteiger charge is 2.17. The molecule has 0 aliphatic heterocycles. The Morgan fingerprint density at radius 3 is 2.57 bits per heavy atom. The Morgan fingerprint density at radius 2 is 1.78 bits per heavy atom. The molecule has 3 aromatic carbocycles. The lowest BCUT2D eigenvalue weighted by Gasteiger charge is -2.20. The molecule has 2 N–H and O–H groups in total. The number of rotatable bonds is 5. The number of methoxy groups -OCH3 is 1. The van der Waals surface area contributed by atoms with Gasteiger partial charge in [0.15, 0.2) is 0 Å². The van der Waals surface area contributed by atoms with Gasteiger partial charge in [0.2, 0.25) is 0 Å². The monoisotopic (exact) mass is 305 g/mol. The summed E-state index contributed by atoms with van der Waals surface area (Å²) in [6.45, 7) is 2.71. The van der Waals surface area contributed by atoms with E-state index in [2.05, 4.69) is 61.5 Å². The smallest absolute Gasteiger partial charge is 0.122 e. The van der Waals surface area contributed by atoms with Gasteiger partial charge in [-0.1, -0.05) is 60.2 Å². The summed E-state index contributed by atoms with van der Waals surface area (Å²) in [7, 11) is 1.72. The molecule has 2 nitrogen and oxygen atoms in total. The normalized spacial score (nSPS) is 12.3. The Balaban J connectivity index is 2.01. The molecule has 0 aliphatic carbocycles. The van der Waals surface area contributed by atoms with Crippen LogP contribution in [0.3, 0.4) is 0 Å². The molecule has 0 amide bonds. The van der Waals surface area contributed by atoms with Gasteiger partial charge in [-0.15, -0.1) is 0 Å². The third-order valence-corrected chi connectivity index (χ3v) is 4.46. The minimum absolute atomic E-state index is 0.246. The van der Waals surface area contributed by atoms with E-state index in [1.807, 2.05) is 6.07 Å². The van der Waals surface area contributed by atoms with Crippen LogP contribution in [0.1, 0.15) is 22.6 Å². The highest BCUT2D eigenvalue weighted by molar-refractivity contribution is 5.85. The highest BCUT2D eigenvalue weighted by Crippen LogP contribution is 2.31. The van der Waals surface area contributed by atoms with E-state index in [9.17, 15) is 0 Å². The third kappa shape index (κ3) is 3.22. The molecule has 0 aliphatic rings. The fraction of sp³-hybridized carbons (Fsp3) is 0.238. The molecule has 1 unspecified atom stereocenters. The summed E-state index contributed by atoms with van der Waals surface area (Å²) in [5, 5.41) is 2.58. The Bertz CT molecular complexity index is 805. The van der Waals surface area contributed by atoms with Crippen LogP contribution in [0.5, 0.6) is 5.75 Å². The average molecular weight is 305 g/mol. The molecule has 0 radical (unpaired) electrons. The number of fused-ring (bicyclic) bond motifs is 1. The molecule has 0 aromatic heterocycles. The molecule has 3 rings (SSSR count). The predicted molar refractivity (Wildman–Crippen MR) is 97.2 cm³/mol. The fourth-order valence-corrected chi connectivity index (χ4v) is 3.23. The lowest BCUT2D eigenvalue weighted by molar-refractivity contribution is 0.405. The fourth-order valence-electron chi connectivity index (χ4n) is 3.23. The maximum absolute atomic E-state index is 6.11. The van der Waals surface area contributed by atoms with E-state index in [-0.39, 0.29) is 5.92 Å². The van der Waals surface area contributed by atoms with Crippen molar-refractivity contribution in [3.05, 3.63) is 77.4 Å². The van der Waals surface area contributed by atoms with Crippen molar-refractivity contribution in [1.82, 2.24) is 0 Å². The lowest BCUT2D eigenvalue weighted by Crippen LogP contribution is -2.16. The molecular formula is C21H23NO. The number of benzene rings is 3. The van der Waals surface area contributed by atoms with Crippen molar-refractivity contribution in [2.24, 2.45) is 5.73 Å². The molecule has 0 fully saturated rings. The largest absolute Gasteiger partial charge is 0.496 e. The molecule has 23 heavy (non-hydrogen) atoms. The summed E-state index contributed by atoms with van der Waals surface area (Å²) >= 11 is 0. The van der Waals surface area contributed by atoms with Crippen molar-refractivity contribution in [2.75, 3.05) is 13.7 Å². The lowest BCUT2D eigenvalue weighted by atomic mass is 9.88. The van der Waals surface area contributed by atoms with Gasteiger partial charge in [-0.2, -0.15) is 0 Å². The minimum atomic E-state index is 0.246. The standard InChI is InChI=1S/C21H23NO/c1-15-10-11-21(23-2)20(12-15)18(14-22)13-17-8-5-7-16-6-3-4-9-19(16)17/h3-12,18H,13-14,22H2,1-2H3. The van der Waals surface area contributed by atoms with Gasteiger partial charge in [-0.25, -0.2) is 0 Å². The van der Waals surface area contributed by atoms with Crippen LogP contribution in [0.2, 0.25) is 0 Å². The Morgan fingerprint density at radius 1 is 1.00 bits per heavy atom. The van der Waals surface area contributed by atoms with Gasteiger partial charge in [0.1, 0.15) is 5.75 Å². The summed E-state index contributed by atoms with van der Waals surface area (Å²) in [6, 6.07) is 21.3. The van der Waals surface area contributed by atoms with Crippen molar-refractivity contribution in [2.45, 2.75) is 19.3 Å². The van der Waals surface area contributed by atoms with Crippen molar-refractivity contribution >= 4 is 10.8 Å². The van der Waals surface area contributed by atoms with E-state index in [1.165, 1.54) is 27.5 Å². The highest BCUT2D eigenvalue weighted by atomic mass is 16.5. The number of ether oxygens (including phenoxy) is 1. The Hall–Kier alpha value is -2.32. The van der Waals surface area contributed by atoms with E-state index in [0.29, 0.717) is 6.54 Å². The van der Waals surface area contributed by atoms with Crippen LogP contribution in [0.4, 0.5) is 0 Å². The van der Waals surface area contributed by atoms with Gasteiger partial charge in [-0.05, 0) is 47.9 Å². The van der Waals surface area contributed by atoms with E-state index in [4.69, 9.17) is 10.5 Å². The van der Waals surface area contributed by atoms with Crippen molar-refractivity contribution in [1.29, 1.82) is 0 Å². The van der Waals surface area contributed by atoms with Gasteiger partial charge >= 0.3 is 0 Å².